The van der Waals surface area contributed by atoms with E-state index >= 15 is 0 Å². The zero-order chi connectivity index (χ0) is 17.6. The standard InChI is InChI=1S/C20H25N3OS.ClH/c1-15-12-17(14-23-8-10-25-11-9-23)4-7-19(15)22-20(24)18-5-2-16(13-21)3-6-18;/h2-7,12H,8-11,13-14,21H2,1H3,(H,22,24);1H. The molecule has 1 fully saturated rings. The molecule has 0 bridgehead atoms. The number of carbonyl (C=O) groups excluding carboxylic acids is 1. The van der Waals surface area contributed by atoms with Crippen LogP contribution in [0.2, 0.25) is 0 Å². The molecule has 0 aromatic heterocycles. The Morgan fingerprint density at radius 1 is 1.12 bits per heavy atom. The van der Waals surface area contributed by atoms with Gasteiger partial charge in [-0.05, 0) is 41.8 Å². The van der Waals surface area contributed by atoms with E-state index in [1.54, 1.807) is 0 Å². The summed E-state index contributed by atoms with van der Waals surface area (Å²) in [4.78, 5) is 14.9. The van der Waals surface area contributed by atoms with Gasteiger partial charge in [0.2, 0.25) is 0 Å². The van der Waals surface area contributed by atoms with Crippen LogP contribution in [0.4, 0.5) is 5.69 Å². The molecule has 1 heterocycles. The summed E-state index contributed by atoms with van der Waals surface area (Å²) in [5.41, 5.74) is 10.5. The first-order valence-corrected chi connectivity index (χ1v) is 9.81. The zero-order valence-electron chi connectivity index (χ0n) is 15.0. The molecule has 0 unspecified atom stereocenters. The third-order valence-electron chi connectivity index (χ3n) is 4.50. The van der Waals surface area contributed by atoms with Crippen LogP contribution in [-0.2, 0) is 13.1 Å². The molecule has 0 aliphatic carbocycles. The Morgan fingerprint density at radius 2 is 1.77 bits per heavy atom. The molecule has 4 nitrogen and oxygen atoms in total. The van der Waals surface area contributed by atoms with Gasteiger partial charge in [0.1, 0.15) is 0 Å². The van der Waals surface area contributed by atoms with Crippen molar-refractivity contribution in [3.05, 3.63) is 64.7 Å². The van der Waals surface area contributed by atoms with E-state index in [2.05, 4.69) is 22.3 Å². The summed E-state index contributed by atoms with van der Waals surface area (Å²) in [6.07, 6.45) is 0. The van der Waals surface area contributed by atoms with Gasteiger partial charge < -0.3 is 11.1 Å². The minimum absolute atomic E-state index is 0. The van der Waals surface area contributed by atoms with Crippen molar-refractivity contribution in [3.63, 3.8) is 0 Å². The molecule has 1 amide bonds. The molecule has 0 radical (unpaired) electrons. The maximum Gasteiger partial charge on any atom is 0.255 e. The lowest BCUT2D eigenvalue weighted by Gasteiger charge is -2.26. The number of thioether (sulfide) groups is 1. The van der Waals surface area contributed by atoms with Crippen molar-refractivity contribution in [1.82, 2.24) is 4.90 Å². The van der Waals surface area contributed by atoms with Gasteiger partial charge in [-0.15, -0.1) is 12.4 Å². The summed E-state index contributed by atoms with van der Waals surface area (Å²) in [5, 5.41) is 3.01. The van der Waals surface area contributed by atoms with E-state index in [1.165, 1.54) is 17.1 Å². The fourth-order valence-corrected chi connectivity index (χ4v) is 3.95. The number of nitrogens with zero attached hydrogens (tertiary/aromatic N) is 1. The smallest absolute Gasteiger partial charge is 0.255 e. The number of aryl methyl sites for hydroxylation is 1. The van der Waals surface area contributed by atoms with Crippen molar-refractivity contribution in [2.75, 3.05) is 29.9 Å². The van der Waals surface area contributed by atoms with Crippen LogP contribution in [0.1, 0.15) is 27.0 Å². The van der Waals surface area contributed by atoms with Crippen LogP contribution in [0, 0.1) is 6.92 Å². The van der Waals surface area contributed by atoms with Crippen molar-refractivity contribution in [3.8, 4) is 0 Å². The van der Waals surface area contributed by atoms with Crippen LogP contribution in [0.3, 0.4) is 0 Å². The fraction of sp³-hybridized carbons (Fsp3) is 0.350. The third-order valence-corrected chi connectivity index (χ3v) is 5.44. The van der Waals surface area contributed by atoms with Gasteiger partial charge >= 0.3 is 0 Å². The van der Waals surface area contributed by atoms with Crippen LogP contribution < -0.4 is 11.1 Å². The Kier molecular flexibility index (Phi) is 7.97. The fourth-order valence-electron chi connectivity index (χ4n) is 2.97. The lowest BCUT2D eigenvalue weighted by Crippen LogP contribution is -2.31. The Hall–Kier alpha value is -1.53. The molecule has 26 heavy (non-hydrogen) atoms. The molecule has 1 aliphatic heterocycles. The quantitative estimate of drug-likeness (QED) is 0.816. The van der Waals surface area contributed by atoms with Gasteiger partial charge in [-0.3, -0.25) is 9.69 Å². The number of benzene rings is 2. The molecule has 0 atom stereocenters. The van der Waals surface area contributed by atoms with E-state index in [9.17, 15) is 4.79 Å². The van der Waals surface area contributed by atoms with Gasteiger partial charge in [0.15, 0.2) is 0 Å². The molecule has 2 aromatic carbocycles. The largest absolute Gasteiger partial charge is 0.326 e. The van der Waals surface area contributed by atoms with Gasteiger partial charge in [-0.2, -0.15) is 11.8 Å². The number of carbonyl (C=O) groups is 1. The van der Waals surface area contributed by atoms with Crippen LogP contribution >= 0.6 is 24.2 Å². The second-order valence-electron chi connectivity index (χ2n) is 6.39. The molecular formula is C20H26ClN3OS. The Labute approximate surface area is 165 Å². The Balaban J connectivity index is 0.00000243. The molecule has 6 heteroatoms. The Bertz CT molecular complexity index is 730. The normalized spacial score (nSPS) is 14.5. The van der Waals surface area contributed by atoms with Crippen LogP contribution in [0.25, 0.3) is 0 Å². The highest BCUT2D eigenvalue weighted by molar-refractivity contribution is 7.99. The van der Waals surface area contributed by atoms with Crippen molar-refractivity contribution in [2.45, 2.75) is 20.0 Å². The number of anilines is 1. The number of hydrogen-bond acceptors (Lipinski definition) is 4. The summed E-state index contributed by atoms with van der Waals surface area (Å²) in [7, 11) is 0. The van der Waals surface area contributed by atoms with E-state index in [0.717, 1.165) is 36.4 Å². The number of nitrogens with one attached hydrogen (secondary N) is 1. The first kappa shape index (κ1) is 20.8. The van der Waals surface area contributed by atoms with Gasteiger partial charge in [-0.1, -0.05) is 24.3 Å². The van der Waals surface area contributed by atoms with Crippen LogP contribution in [0.15, 0.2) is 42.5 Å². The van der Waals surface area contributed by atoms with E-state index < -0.39 is 0 Å². The molecular weight excluding hydrogens is 366 g/mol. The van der Waals surface area contributed by atoms with Gasteiger partial charge in [-0.25, -0.2) is 0 Å². The highest BCUT2D eigenvalue weighted by Gasteiger charge is 2.12. The molecule has 1 saturated heterocycles. The zero-order valence-corrected chi connectivity index (χ0v) is 16.7. The molecule has 3 rings (SSSR count). The van der Waals surface area contributed by atoms with Crippen molar-refractivity contribution in [2.24, 2.45) is 5.73 Å². The average molecular weight is 392 g/mol. The minimum atomic E-state index is -0.0903. The van der Waals surface area contributed by atoms with Gasteiger partial charge in [0.25, 0.3) is 5.91 Å². The number of hydrogen-bond donors (Lipinski definition) is 2. The monoisotopic (exact) mass is 391 g/mol. The Morgan fingerprint density at radius 3 is 2.38 bits per heavy atom. The lowest BCUT2D eigenvalue weighted by molar-refractivity contribution is 0.102. The molecule has 1 aliphatic rings. The summed E-state index contributed by atoms with van der Waals surface area (Å²) in [5.74, 6) is 2.35. The van der Waals surface area contributed by atoms with E-state index in [-0.39, 0.29) is 18.3 Å². The molecule has 140 valence electrons. The number of halogens is 1. The first-order valence-electron chi connectivity index (χ1n) is 8.65. The predicted molar refractivity (Wildman–Crippen MR) is 113 cm³/mol. The lowest BCUT2D eigenvalue weighted by atomic mass is 10.1. The second kappa shape index (κ2) is 9.97. The van der Waals surface area contributed by atoms with Crippen molar-refractivity contribution >= 4 is 35.8 Å². The average Bonchev–Trinajstić information content (AvgIpc) is 2.65. The number of nitrogens with two attached hydrogens (primary N) is 1. The van der Waals surface area contributed by atoms with Gasteiger partial charge in [0, 0.05) is 48.9 Å². The van der Waals surface area contributed by atoms with E-state index in [1.807, 2.05) is 49.0 Å². The summed E-state index contributed by atoms with van der Waals surface area (Å²) in [6.45, 7) is 5.82. The minimum Gasteiger partial charge on any atom is -0.326 e. The highest BCUT2D eigenvalue weighted by Crippen LogP contribution is 2.20. The first-order chi connectivity index (χ1) is 12.2. The van der Waals surface area contributed by atoms with Crippen molar-refractivity contribution in [1.29, 1.82) is 0 Å². The maximum atomic E-state index is 12.4. The third kappa shape index (κ3) is 5.48. The summed E-state index contributed by atoms with van der Waals surface area (Å²) in [6, 6.07) is 13.7. The van der Waals surface area contributed by atoms with E-state index in [0.29, 0.717) is 12.1 Å². The SMILES string of the molecule is Cc1cc(CN2CCSCC2)ccc1NC(=O)c1ccc(CN)cc1.Cl. The predicted octanol–water partition coefficient (Wildman–Crippen LogP) is 3.68. The maximum absolute atomic E-state index is 12.4. The topological polar surface area (TPSA) is 58.4 Å². The number of amides is 1. The summed E-state index contributed by atoms with van der Waals surface area (Å²) >= 11 is 2.03. The molecule has 2 aromatic rings. The second-order valence-corrected chi connectivity index (χ2v) is 7.62. The number of rotatable bonds is 5. The van der Waals surface area contributed by atoms with Crippen molar-refractivity contribution < 1.29 is 4.79 Å². The van der Waals surface area contributed by atoms with Crippen LogP contribution in [-0.4, -0.2) is 35.4 Å². The van der Waals surface area contributed by atoms with E-state index in [4.69, 9.17) is 5.73 Å². The highest BCUT2D eigenvalue weighted by atomic mass is 35.5. The van der Waals surface area contributed by atoms with Gasteiger partial charge in [0.05, 0.1) is 0 Å². The molecule has 0 spiro atoms. The molecule has 3 N–H and O–H groups in total. The summed E-state index contributed by atoms with van der Waals surface area (Å²) < 4.78 is 0. The molecule has 0 saturated carbocycles. The van der Waals surface area contributed by atoms with Crippen LogP contribution in [0.5, 0.6) is 0 Å².